The predicted octanol–water partition coefficient (Wildman–Crippen LogP) is 2.68. The number of carbonyl (C=O) groups is 1. The fourth-order valence-electron chi connectivity index (χ4n) is 1.39. The van der Waals surface area contributed by atoms with E-state index in [1.54, 1.807) is 24.3 Å². The molecular formula is C13H13NO3. The number of ether oxygens (including phenoxy) is 1. The Morgan fingerprint density at radius 1 is 1.29 bits per heavy atom. The molecule has 0 spiro atoms. The van der Waals surface area contributed by atoms with Gasteiger partial charge in [0.25, 0.3) is 0 Å². The summed E-state index contributed by atoms with van der Waals surface area (Å²) < 4.78 is 10.9. The van der Waals surface area contributed by atoms with Gasteiger partial charge in [-0.2, -0.15) is 0 Å². The summed E-state index contributed by atoms with van der Waals surface area (Å²) in [6.07, 6.45) is 0.796. The van der Waals surface area contributed by atoms with E-state index in [2.05, 4.69) is 4.98 Å². The van der Waals surface area contributed by atoms with Crippen LogP contribution in [0.2, 0.25) is 0 Å². The van der Waals surface area contributed by atoms with Crippen LogP contribution in [0.25, 0.3) is 0 Å². The van der Waals surface area contributed by atoms with Crippen LogP contribution in [-0.2, 0) is 6.61 Å². The molecule has 0 amide bonds. The average molecular weight is 231 g/mol. The molecule has 0 fully saturated rings. The van der Waals surface area contributed by atoms with E-state index in [9.17, 15) is 4.79 Å². The molecule has 88 valence electrons. The van der Waals surface area contributed by atoms with Gasteiger partial charge in [-0.25, -0.2) is 4.98 Å². The van der Waals surface area contributed by atoms with Gasteiger partial charge in [-0.15, -0.1) is 0 Å². The highest BCUT2D eigenvalue weighted by molar-refractivity contribution is 5.74. The van der Waals surface area contributed by atoms with Crippen molar-refractivity contribution >= 4 is 6.29 Å². The van der Waals surface area contributed by atoms with Crippen LogP contribution in [0.4, 0.5) is 0 Å². The van der Waals surface area contributed by atoms with Crippen LogP contribution in [0.15, 0.2) is 28.7 Å². The maximum absolute atomic E-state index is 10.5. The summed E-state index contributed by atoms with van der Waals surface area (Å²) in [5, 5.41) is 0. The lowest BCUT2D eigenvalue weighted by Crippen LogP contribution is -1.95. The number of nitrogens with zero attached hydrogens (tertiary/aromatic N) is 1. The second-order valence-corrected chi connectivity index (χ2v) is 3.72. The van der Waals surface area contributed by atoms with E-state index in [1.165, 1.54) is 0 Å². The van der Waals surface area contributed by atoms with E-state index in [0.717, 1.165) is 17.7 Å². The topological polar surface area (TPSA) is 52.3 Å². The van der Waals surface area contributed by atoms with Crippen molar-refractivity contribution in [2.24, 2.45) is 0 Å². The SMILES string of the molecule is Cc1nc(COc2ccc(C=O)cc2)oc1C. The molecule has 2 aromatic rings. The van der Waals surface area contributed by atoms with Crippen LogP contribution in [0.5, 0.6) is 5.75 Å². The van der Waals surface area contributed by atoms with Gasteiger partial charge in [0, 0.05) is 5.56 Å². The van der Waals surface area contributed by atoms with E-state index in [-0.39, 0.29) is 6.61 Å². The van der Waals surface area contributed by atoms with Gasteiger partial charge in [0.15, 0.2) is 6.61 Å². The molecule has 0 unspecified atom stereocenters. The van der Waals surface area contributed by atoms with Crippen LogP contribution < -0.4 is 4.74 Å². The molecule has 0 N–H and O–H groups in total. The Bertz CT molecular complexity index is 494. The molecule has 0 saturated heterocycles. The summed E-state index contributed by atoms with van der Waals surface area (Å²) in [7, 11) is 0. The normalized spacial score (nSPS) is 10.2. The van der Waals surface area contributed by atoms with E-state index in [0.29, 0.717) is 17.2 Å². The Kier molecular flexibility index (Phi) is 3.23. The van der Waals surface area contributed by atoms with Crippen molar-refractivity contribution in [1.82, 2.24) is 4.98 Å². The van der Waals surface area contributed by atoms with Gasteiger partial charge >= 0.3 is 0 Å². The third-order valence-corrected chi connectivity index (χ3v) is 2.45. The van der Waals surface area contributed by atoms with Crippen LogP contribution in [0.1, 0.15) is 27.7 Å². The molecule has 1 heterocycles. The number of carbonyl (C=O) groups excluding carboxylic acids is 1. The molecular weight excluding hydrogens is 218 g/mol. The van der Waals surface area contributed by atoms with Crippen molar-refractivity contribution in [2.75, 3.05) is 0 Å². The Morgan fingerprint density at radius 3 is 2.53 bits per heavy atom. The van der Waals surface area contributed by atoms with Crippen LogP contribution in [0.3, 0.4) is 0 Å². The lowest BCUT2D eigenvalue weighted by Gasteiger charge is -2.02. The first-order valence-corrected chi connectivity index (χ1v) is 5.30. The molecule has 0 aliphatic rings. The highest BCUT2D eigenvalue weighted by atomic mass is 16.5. The van der Waals surface area contributed by atoms with Gasteiger partial charge < -0.3 is 9.15 Å². The number of oxazole rings is 1. The van der Waals surface area contributed by atoms with Gasteiger partial charge in [0.05, 0.1) is 5.69 Å². The fraction of sp³-hybridized carbons (Fsp3) is 0.231. The summed E-state index contributed by atoms with van der Waals surface area (Å²) >= 11 is 0. The number of aromatic nitrogens is 1. The van der Waals surface area contributed by atoms with Crippen molar-refractivity contribution in [1.29, 1.82) is 0 Å². The lowest BCUT2D eigenvalue weighted by molar-refractivity contribution is 0.112. The first-order chi connectivity index (χ1) is 8.19. The molecule has 4 nitrogen and oxygen atoms in total. The summed E-state index contributed by atoms with van der Waals surface area (Å²) in [6.45, 7) is 4.04. The number of hydrogen-bond acceptors (Lipinski definition) is 4. The van der Waals surface area contributed by atoms with Crippen LogP contribution in [0, 0.1) is 13.8 Å². The second kappa shape index (κ2) is 4.82. The van der Waals surface area contributed by atoms with Crippen LogP contribution in [-0.4, -0.2) is 11.3 Å². The molecule has 1 aromatic heterocycles. The Morgan fingerprint density at radius 2 is 2.00 bits per heavy atom. The standard InChI is InChI=1S/C13H13NO3/c1-9-10(2)17-13(14-9)8-16-12-5-3-11(7-15)4-6-12/h3-7H,8H2,1-2H3. The molecule has 0 bridgehead atoms. The molecule has 4 heteroatoms. The van der Waals surface area contributed by atoms with Gasteiger partial charge in [0.1, 0.15) is 17.8 Å². The number of benzene rings is 1. The summed E-state index contributed by atoms with van der Waals surface area (Å²) in [4.78, 5) is 14.7. The molecule has 0 aliphatic carbocycles. The minimum Gasteiger partial charge on any atom is -0.484 e. The van der Waals surface area contributed by atoms with E-state index >= 15 is 0 Å². The third kappa shape index (κ3) is 2.72. The zero-order valence-electron chi connectivity index (χ0n) is 9.77. The highest BCUT2D eigenvalue weighted by Gasteiger charge is 2.05. The molecule has 0 radical (unpaired) electrons. The largest absolute Gasteiger partial charge is 0.484 e. The molecule has 0 atom stereocenters. The summed E-state index contributed by atoms with van der Waals surface area (Å²) in [5.41, 5.74) is 1.50. The molecule has 17 heavy (non-hydrogen) atoms. The second-order valence-electron chi connectivity index (χ2n) is 3.72. The summed E-state index contributed by atoms with van der Waals surface area (Å²) in [6, 6.07) is 6.89. The van der Waals surface area contributed by atoms with E-state index in [4.69, 9.17) is 9.15 Å². The number of hydrogen-bond donors (Lipinski definition) is 0. The highest BCUT2D eigenvalue weighted by Crippen LogP contribution is 2.14. The maximum Gasteiger partial charge on any atom is 0.232 e. The Labute approximate surface area is 99.2 Å². The van der Waals surface area contributed by atoms with Gasteiger partial charge in [0.2, 0.25) is 5.89 Å². The van der Waals surface area contributed by atoms with E-state index in [1.807, 2.05) is 13.8 Å². The van der Waals surface area contributed by atoms with Crippen molar-refractivity contribution < 1.29 is 13.9 Å². The van der Waals surface area contributed by atoms with Crippen molar-refractivity contribution in [2.45, 2.75) is 20.5 Å². The minimum absolute atomic E-state index is 0.287. The molecule has 1 aromatic carbocycles. The minimum atomic E-state index is 0.287. The first kappa shape index (κ1) is 11.4. The number of rotatable bonds is 4. The maximum atomic E-state index is 10.5. The van der Waals surface area contributed by atoms with Gasteiger partial charge in [-0.1, -0.05) is 0 Å². The summed E-state index contributed by atoms with van der Waals surface area (Å²) in [5.74, 6) is 2.04. The third-order valence-electron chi connectivity index (χ3n) is 2.45. The van der Waals surface area contributed by atoms with Gasteiger partial charge in [-0.05, 0) is 38.1 Å². The number of aryl methyl sites for hydroxylation is 2. The number of aldehydes is 1. The molecule has 0 aliphatic heterocycles. The zero-order valence-corrected chi connectivity index (χ0v) is 9.77. The molecule has 0 saturated carbocycles. The van der Waals surface area contributed by atoms with Crippen molar-refractivity contribution in [3.8, 4) is 5.75 Å². The lowest BCUT2D eigenvalue weighted by atomic mass is 10.2. The quantitative estimate of drug-likeness (QED) is 0.759. The van der Waals surface area contributed by atoms with Crippen molar-refractivity contribution in [3.63, 3.8) is 0 Å². The Balaban J connectivity index is 1.99. The van der Waals surface area contributed by atoms with Crippen molar-refractivity contribution in [3.05, 3.63) is 47.2 Å². The smallest absolute Gasteiger partial charge is 0.232 e. The zero-order chi connectivity index (χ0) is 12.3. The molecule has 2 rings (SSSR count). The Hall–Kier alpha value is -2.10. The predicted molar refractivity (Wildman–Crippen MR) is 62.1 cm³/mol. The van der Waals surface area contributed by atoms with Crippen LogP contribution >= 0.6 is 0 Å². The average Bonchev–Trinajstić information content (AvgIpc) is 2.67. The van der Waals surface area contributed by atoms with Gasteiger partial charge in [-0.3, -0.25) is 4.79 Å². The first-order valence-electron chi connectivity index (χ1n) is 5.30. The monoisotopic (exact) mass is 231 g/mol. The fourth-order valence-corrected chi connectivity index (χ4v) is 1.39. The van der Waals surface area contributed by atoms with E-state index < -0.39 is 0 Å².